The molecule has 116 valence electrons. The Morgan fingerprint density at radius 2 is 1.74 bits per heavy atom. The minimum atomic E-state index is -0.952. The highest BCUT2D eigenvalue weighted by atomic mass is 16.5. The van der Waals surface area contributed by atoms with Gasteiger partial charge >= 0.3 is 5.97 Å². The van der Waals surface area contributed by atoms with Gasteiger partial charge in [0.05, 0.1) is 12.2 Å². The summed E-state index contributed by atoms with van der Waals surface area (Å²) in [6.45, 7) is 2.55. The minimum Gasteiger partial charge on any atom is -0.494 e. The summed E-state index contributed by atoms with van der Waals surface area (Å²) in [6.07, 6.45) is 1.56. The number of rotatable bonds is 5. The molecule has 23 heavy (non-hydrogen) atoms. The van der Waals surface area contributed by atoms with Crippen LogP contribution in [-0.2, 0) is 0 Å². The van der Waals surface area contributed by atoms with E-state index < -0.39 is 5.97 Å². The van der Waals surface area contributed by atoms with E-state index in [1.165, 1.54) is 0 Å². The molecule has 0 aliphatic heterocycles. The van der Waals surface area contributed by atoms with Crippen molar-refractivity contribution in [1.29, 1.82) is 0 Å². The molecule has 0 atom stereocenters. The van der Waals surface area contributed by atoms with Crippen LogP contribution in [0.1, 0.15) is 17.3 Å². The van der Waals surface area contributed by atoms with Crippen LogP contribution in [0.2, 0.25) is 0 Å². The predicted octanol–water partition coefficient (Wildman–Crippen LogP) is 4.11. The average molecular weight is 309 g/mol. The lowest BCUT2D eigenvalue weighted by atomic mass is 10.1. The number of nitrogens with zero attached hydrogens (tertiary/aromatic N) is 1. The Bertz CT molecular complexity index is 804. The topological polar surface area (TPSA) is 72.6 Å². The van der Waals surface area contributed by atoms with Crippen LogP contribution in [0.25, 0.3) is 22.7 Å². The summed E-state index contributed by atoms with van der Waals surface area (Å²) in [5, 5.41) is 8.92. The van der Waals surface area contributed by atoms with Crippen LogP contribution in [0.3, 0.4) is 0 Å². The first-order chi connectivity index (χ1) is 11.2. The van der Waals surface area contributed by atoms with Crippen molar-refractivity contribution in [2.75, 3.05) is 6.61 Å². The van der Waals surface area contributed by atoms with Gasteiger partial charge in [-0.2, -0.15) is 0 Å². The van der Waals surface area contributed by atoms with E-state index >= 15 is 0 Å². The Labute approximate surface area is 133 Å². The second-order valence-corrected chi connectivity index (χ2v) is 4.88. The van der Waals surface area contributed by atoms with Gasteiger partial charge in [-0.3, -0.25) is 0 Å². The second kappa shape index (κ2) is 6.36. The van der Waals surface area contributed by atoms with Crippen LogP contribution < -0.4 is 4.74 Å². The van der Waals surface area contributed by atoms with Gasteiger partial charge in [0.2, 0.25) is 5.89 Å². The van der Waals surface area contributed by atoms with Crippen molar-refractivity contribution >= 4 is 5.97 Å². The molecular weight excluding hydrogens is 294 g/mol. The lowest BCUT2D eigenvalue weighted by molar-refractivity contribution is 0.0697. The maximum absolute atomic E-state index is 10.9. The highest BCUT2D eigenvalue weighted by molar-refractivity contribution is 5.88. The van der Waals surface area contributed by atoms with Gasteiger partial charge in [-0.15, -0.1) is 0 Å². The third-order valence-corrected chi connectivity index (χ3v) is 3.34. The Balaban J connectivity index is 1.83. The molecule has 0 saturated carbocycles. The molecule has 0 aliphatic rings. The van der Waals surface area contributed by atoms with Gasteiger partial charge in [-0.1, -0.05) is 12.1 Å². The molecule has 0 spiro atoms. The van der Waals surface area contributed by atoms with E-state index in [1.807, 2.05) is 31.2 Å². The number of ether oxygens (including phenoxy) is 1. The van der Waals surface area contributed by atoms with Crippen LogP contribution in [0.5, 0.6) is 5.75 Å². The van der Waals surface area contributed by atoms with Crippen molar-refractivity contribution in [3.05, 3.63) is 60.4 Å². The zero-order valence-corrected chi connectivity index (χ0v) is 12.5. The number of oxazole rings is 1. The van der Waals surface area contributed by atoms with Gasteiger partial charge in [0.25, 0.3) is 0 Å². The zero-order valence-electron chi connectivity index (χ0n) is 12.5. The van der Waals surface area contributed by atoms with E-state index in [2.05, 4.69) is 4.98 Å². The van der Waals surface area contributed by atoms with Crippen LogP contribution in [0.4, 0.5) is 0 Å². The Kier molecular flexibility index (Phi) is 4.10. The lowest BCUT2D eigenvalue weighted by Gasteiger charge is -2.02. The summed E-state index contributed by atoms with van der Waals surface area (Å²) in [4.78, 5) is 15.3. The standard InChI is InChI=1S/C18H15NO4/c1-2-22-15-9-7-13(8-10-15)17-19-16(11-23-17)12-3-5-14(6-4-12)18(20)21/h3-11H,2H2,1H3,(H,20,21). The van der Waals surface area contributed by atoms with Crippen LogP contribution >= 0.6 is 0 Å². The van der Waals surface area contributed by atoms with E-state index in [0.29, 0.717) is 18.2 Å². The number of carbonyl (C=O) groups is 1. The number of carboxylic acids is 1. The van der Waals surface area contributed by atoms with E-state index in [1.54, 1.807) is 30.5 Å². The molecule has 0 radical (unpaired) electrons. The van der Waals surface area contributed by atoms with E-state index in [-0.39, 0.29) is 5.56 Å². The lowest BCUT2D eigenvalue weighted by Crippen LogP contribution is -1.94. The second-order valence-electron chi connectivity index (χ2n) is 4.88. The largest absolute Gasteiger partial charge is 0.494 e. The first-order valence-corrected chi connectivity index (χ1v) is 7.20. The Hall–Kier alpha value is -3.08. The molecule has 0 amide bonds. The summed E-state index contributed by atoms with van der Waals surface area (Å²) >= 11 is 0. The first kappa shape index (κ1) is 14.8. The molecule has 5 heteroatoms. The van der Waals surface area contributed by atoms with Gasteiger partial charge in [-0.05, 0) is 43.3 Å². The smallest absolute Gasteiger partial charge is 0.335 e. The van der Waals surface area contributed by atoms with Gasteiger partial charge < -0.3 is 14.3 Å². The van der Waals surface area contributed by atoms with Gasteiger partial charge in [0, 0.05) is 11.1 Å². The quantitative estimate of drug-likeness (QED) is 0.768. The summed E-state index contributed by atoms with van der Waals surface area (Å²) in [7, 11) is 0. The van der Waals surface area contributed by atoms with Crippen molar-refractivity contribution in [1.82, 2.24) is 4.98 Å². The number of aromatic nitrogens is 1. The van der Waals surface area contributed by atoms with Crippen LogP contribution in [0.15, 0.2) is 59.2 Å². The molecular formula is C18H15NO4. The molecule has 0 bridgehead atoms. The highest BCUT2D eigenvalue weighted by Crippen LogP contribution is 2.26. The molecule has 1 aromatic heterocycles. The monoisotopic (exact) mass is 309 g/mol. The number of benzene rings is 2. The predicted molar refractivity (Wildman–Crippen MR) is 85.5 cm³/mol. The van der Waals surface area contributed by atoms with Crippen molar-refractivity contribution in [2.24, 2.45) is 0 Å². The first-order valence-electron chi connectivity index (χ1n) is 7.20. The van der Waals surface area contributed by atoms with Gasteiger partial charge in [-0.25, -0.2) is 9.78 Å². The van der Waals surface area contributed by atoms with Crippen LogP contribution in [-0.4, -0.2) is 22.7 Å². The van der Waals surface area contributed by atoms with Gasteiger partial charge in [0.1, 0.15) is 17.7 Å². The molecule has 0 fully saturated rings. The molecule has 3 aromatic rings. The fourth-order valence-electron chi connectivity index (χ4n) is 2.18. The molecule has 0 unspecified atom stereocenters. The molecule has 5 nitrogen and oxygen atoms in total. The Morgan fingerprint density at radius 1 is 1.09 bits per heavy atom. The maximum atomic E-state index is 10.9. The van der Waals surface area contributed by atoms with E-state index in [9.17, 15) is 4.79 Å². The molecule has 0 aliphatic carbocycles. The SMILES string of the molecule is CCOc1ccc(-c2nc(-c3ccc(C(=O)O)cc3)co2)cc1. The third kappa shape index (κ3) is 3.23. The number of hydrogen-bond acceptors (Lipinski definition) is 4. The van der Waals surface area contributed by atoms with Gasteiger partial charge in [0.15, 0.2) is 0 Å². The summed E-state index contributed by atoms with van der Waals surface area (Å²) in [6, 6.07) is 14.0. The molecule has 3 rings (SSSR count). The number of carboxylic acid groups (broad SMARTS) is 1. The molecule has 1 N–H and O–H groups in total. The normalized spacial score (nSPS) is 10.5. The summed E-state index contributed by atoms with van der Waals surface area (Å²) < 4.78 is 10.9. The fraction of sp³-hybridized carbons (Fsp3) is 0.111. The number of hydrogen-bond donors (Lipinski definition) is 1. The van der Waals surface area contributed by atoms with Crippen molar-refractivity contribution < 1.29 is 19.1 Å². The highest BCUT2D eigenvalue weighted by Gasteiger charge is 2.10. The number of aromatic carboxylic acids is 1. The fourth-order valence-corrected chi connectivity index (χ4v) is 2.18. The maximum Gasteiger partial charge on any atom is 0.335 e. The van der Waals surface area contributed by atoms with Crippen molar-refractivity contribution in [2.45, 2.75) is 6.92 Å². The molecule has 2 aromatic carbocycles. The summed E-state index contributed by atoms with van der Waals surface area (Å²) in [5.74, 6) is 0.351. The van der Waals surface area contributed by atoms with E-state index in [4.69, 9.17) is 14.3 Å². The van der Waals surface area contributed by atoms with Crippen molar-refractivity contribution in [3.63, 3.8) is 0 Å². The average Bonchev–Trinajstić information content (AvgIpc) is 3.06. The van der Waals surface area contributed by atoms with E-state index in [0.717, 1.165) is 16.9 Å². The summed E-state index contributed by atoms with van der Waals surface area (Å²) in [5.41, 5.74) is 2.55. The Morgan fingerprint density at radius 3 is 2.35 bits per heavy atom. The van der Waals surface area contributed by atoms with Crippen molar-refractivity contribution in [3.8, 4) is 28.5 Å². The zero-order chi connectivity index (χ0) is 16.2. The van der Waals surface area contributed by atoms with Crippen LogP contribution in [0, 0.1) is 0 Å². The molecule has 0 saturated heterocycles. The molecule has 1 heterocycles. The third-order valence-electron chi connectivity index (χ3n) is 3.34. The minimum absolute atomic E-state index is 0.240.